The van der Waals surface area contributed by atoms with Crippen LogP contribution in [0.3, 0.4) is 0 Å². The van der Waals surface area contributed by atoms with Crippen LogP contribution < -0.4 is 0 Å². The summed E-state index contributed by atoms with van der Waals surface area (Å²) in [7, 11) is 0. The predicted octanol–water partition coefficient (Wildman–Crippen LogP) is 5.61. The maximum absolute atomic E-state index is 12.3. The molecule has 0 saturated heterocycles. The molecule has 1 aliphatic carbocycles. The van der Waals surface area contributed by atoms with Gasteiger partial charge in [0.1, 0.15) is 6.61 Å². The van der Waals surface area contributed by atoms with E-state index in [2.05, 4.69) is 40.0 Å². The topological polar surface area (TPSA) is 77.7 Å². The summed E-state index contributed by atoms with van der Waals surface area (Å²) in [6.45, 7) is 0.117. The first kappa shape index (κ1) is 23.4. The summed E-state index contributed by atoms with van der Waals surface area (Å²) in [5.74, 6) is -1.24. The first-order valence-electron chi connectivity index (χ1n) is 9.56. The molecule has 3 aromatic rings. The fraction of sp³-hybridized carbons (Fsp3) is 0.167. The first-order valence-corrected chi connectivity index (χ1v) is 10.6. The smallest absolute Gasteiger partial charge is 0.605 e. The summed E-state index contributed by atoms with van der Waals surface area (Å²) < 4.78 is 6.46. The van der Waals surface area contributed by atoms with Gasteiger partial charge >= 0.3 is 19.5 Å². The minimum atomic E-state index is -1.18. The van der Waals surface area contributed by atoms with Gasteiger partial charge < -0.3 is 15.2 Å². The molecule has 0 bridgehead atoms. The third-order valence-corrected chi connectivity index (χ3v) is 5.94. The second kappa shape index (κ2) is 10.4. The van der Waals surface area contributed by atoms with Crippen LogP contribution in [0.5, 0.6) is 0 Å². The van der Waals surface area contributed by atoms with Crippen molar-refractivity contribution < 1.29 is 38.9 Å². The molecule has 7 heteroatoms. The van der Waals surface area contributed by atoms with Gasteiger partial charge in [0, 0.05) is 9.49 Å². The number of benzene rings is 3. The second-order valence-corrected chi connectivity index (χ2v) is 8.36. The zero-order valence-electron chi connectivity index (χ0n) is 16.3. The molecule has 1 N–H and O–H groups in total. The Morgan fingerprint density at radius 1 is 0.935 bits per heavy atom. The molecule has 159 valence electrons. The fourth-order valence-electron chi connectivity index (χ4n) is 3.79. The van der Waals surface area contributed by atoms with Crippen LogP contribution >= 0.6 is 22.6 Å². The summed E-state index contributed by atoms with van der Waals surface area (Å²) in [6.07, 6.45) is -0.717. The molecule has 0 aromatic heterocycles. The van der Waals surface area contributed by atoms with E-state index in [0.717, 1.165) is 31.4 Å². The van der Waals surface area contributed by atoms with E-state index >= 15 is 0 Å². The van der Waals surface area contributed by atoms with Crippen LogP contribution in [-0.2, 0) is 35.4 Å². The molecule has 3 aromatic carbocycles. The molecule has 5 nitrogen and oxygen atoms in total. The maximum Gasteiger partial charge on any atom is 2.00 e. The summed E-state index contributed by atoms with van der Waals surface area (Å²) >= 11 is 2.18. The van der Waals surface area contributed by atoms with Crippen LogP contribution in [-0.4, -0.2) is 29.8 Å². The van der Waals surface area contributed by atoms with E-state index < -0.39 is 18.1 Å². The van der Waals surface area contributed by atoms with Crippen molar-refractivity contribution in [2.45, 2.75) is 18.4 Å². The number of nitrogens with zero attached hydrogens (tertiary/aromatic N) is 1. The van der Waals surface area contributed by atoms with E-state index in [1.54, 1.807) is 0 Å². The number of hydrogen-bond donors (Lipinski definition) is 1. The Morgan fingerprint density at radius 2 is 1.48 bits per heavy atom. The van der Waals surface area contributed by atoms with Crippen LogP contribution in [0, 0.1) is 3.57 Å². The second-order valence-electron chi connectivity index (χ2n) is 7.12. The summed E-state index contributed by atoms with van der Waals surface area (Å²) in [6, 6.07) is 22.4. The van der Waals surface area contributed by atoms with Gasteiger partial charge in [0.25, 0.3) is 5.97 Å². The van der Waals surface area contributed by atoms with Gasteiger partial charge in [-0.2, -0.15) is 0 Å². The van der Waals surface area contributed by atoms with E-state index in [0.29, 0.717) is 0 Å². The molecular formula is C24H19INO4Rh+. The minimum Gasteiger partial charge on any atom is -0.605 e. The Labute approximate surface area is 207 Å². The van der Waals surface area contributed by atoms with Crippen molar-refractivity contribution in [2.75, 3.05) is 6.61 Å². The van der Waals surface area contributed by atoms with Crippen molar-refractivity contribution in [3.05, 3.63) is 98.4 Å². The van der Waals surface area contributed by atoms with Gasteiger partial charge in [0.2, 0.25) is 6.09 Å². The van der Waals surface area contributed by atoms with Crippen molar-refractivity contribution in [2.24, 2.45) is 0 Å². The number of aliphatic carboxylic acids is 1. The van der Waals surface area contributed by atoms with Crippen LogP contribution in [0.25, 0.3) is 16.4 Å². The zero-order valence-corrected chi connectivity index (χ0v) is 20.1. The maximum atomic E-state index is 12.3. The van der Waals surface area contributed by atoms with Crippen molar-refractivity contribution in [3.8, 4) is 11.1 Å². The van der Waals surface area contributed by atoms with E-state index in [1.165, 1.54) is 0 Å². The number of carboxylic acids is 1. The molecule has 1 unspecified atom stereocenters. The number of hydrogen-bond acceptors (Lipinski definition) is 3. The van der Waals surface area contributed by atoms with E-state index in [9.17, 15) is 14.7 Å². The number of carbonyl (C=O) groups is 2. The first-order chi connectivity index (χ1) is 14.5. The van der Waals surface area contributed by atoms with Gasteiger partial charge in [-0.3, -0.25) is 9.59 Å². The van der Waals surface area contributed by atoms with E-state index in [1.807, 2.05) is 60.7 Å². The van der Waals surface area contributed by atoms with Crippen LogP contribution in [0.4, 0.5) is 4.79 Å². The van der Waals surface area contributed by atoms with Crippen LogP contribution in [0.1, 0.15) is 22.6 Å². The number of carbonyl (C=O) groups excluding carboxylic acids is 1. The molecule has 0 fully saturated rings. The number of halogens is 1. The number of ether oxygens (including phenoxy) is 1. The molecular weight excluding hydrogens is 596 g/mol. The van der Waals surface area contributed by atoms with E-state index in [-0.39, 0.29) is 38.4 Å². The van der Waals surface area contributed by atoms with Crippen LogP contribution in [0.15, 0.2) is 72.8 Å². The normalized spacial score (nSPS) is 12.8. The molecule has 0 saturated carbocycles. The molecule has 1 atom stereocenters. The standard InChI is InChI=1S/C24H20INO4.Rh/c25-16-11-9-15(10-12-16)13-22(23(27)28)26-24(29)30-14-21-19-7-3-1-5-17(19)18-6-2-4-8-20(18)21;/h1-12,21-22H,13-14H2,(H2,26,27,28,29);/q;+2/p-1. The Balaban J connectivity index is 0.00000272. The molecule has 1 radical (unpaired) electrons. The van der Waals surface area contributed by atoms with Gasteiger partial charge in [0.15, 0.2) is 0 Å². The molecule has 31 heavy (non-hydrogen) atoms. The molecule has 0 aliphatic heterocycles. The summed E-state index contributed by atoms with van der Waals surface area (Å²) in [5.41, 5.74) is 5.26. The summed E-state index contributed by atoms with van der Waals surface area (Å²) in [4.78, 5) is 23.9. The number of rotatable bonds is 6. The number of amides is 1. The van der Waals surface area contributed by atoms with Gasteiger partial charge in [-0.25, -0.2) is 0 Å². The summed E-state index contributed by atoms with van der Waals surface area (Å²) in [5, 5.41) is 13.3. The van der Waals surface area contributed by atoms with Gasteiger partial charge in [-0.1, -0.05) is 60.7 Å². The SMILES string of the molecule is O=C([N-]C(Cc1ccc(I)cc1)C(=O)O)OCC1c2ccccc2-c2ccccc21.[Rh+2]. The van der Waals surface area contributed by atoms with Crippen molar-refractivity contribution >= 4 is 34.7 Å². The molecule has 4 rings (SSSR count). The van der Waals surface area contributed by atoms with E-state index in [4.69, 9.17) is 4.74 Å². The van der Waals surface area contributed by atoms with Gasteiger partial charge in [-0.05, 0) is 75.0 Å². The van der Waals surface area contributed by atoms with Crippen molar-refractivity contribution in [1.82, 2.24) is 0 Å². The Kier molecular flexibility index (Phi) is 7.84. The molecule has 0 spiro atoms. The third-order valence-electron chi connectivity index (χ3n) is 5.22. The Morgan fingerprint density at radius 3 is 2.03 bits per heavy atom. The van der Waals surface area contributed by atoms with Gasteiger partial charge in [0.05, 0.1) is 0 Å². The predicted molar refractivity (Wildman–Crippen MR) is 123 cm³/mol. The molecule has 1 amide bonds. The molecule has 1 aliphatic rings. The minimum absolute atomic E-state index is 0. The van der Waals surface area contributed by atoms with Crippen molar-refractivity contribution in [3.63, 3.8) is 0 Å². The quantitative estimate of drug-likeness (QED) is 0.289. The van der Waals surface area contributed by atoms with Crippen LogP contribution in [0.2, 0.25) is 0 Å². The monoisotopic (exact) mass is 615 g/mol. The Bertz CT molecular complexity index is 1040. The fourth-order valence-corrected chi connectivity index (χ4v) is 4.15. The Hall–Kier alpha value is -2.25. The average Bonchev–Trinajstić information content (AvgIpc) is 3.07. The average molecular weight is 615 g/mol. The van der Waals surface area contributed by atoms with Crippen molar-refractivity contribution in [1.29, 1.82) is 0 Å². The van der Waals surface area contributed by atoms with Gasteiger partial charge in [-0.15, -0.1) is 0 Å². The number of carboxylic acid groups (broad SMARTS) is 1. The number of fused-ring (bicyclic) bond motifs is 3. The zero-order chi connectivity index (χ0) is 21.1. The third kappa shape index (κ3) is 5.33. The largest absolute Gasteiger partial charge is 2.00 e. The molecule has 0 heterocycles.